The largest absolute Gasteiger partial charge is 0.362 e. The third kappa shape index (κ3) is 2.68. The number of carbonyl (C=O) groups excluding carboxylic acids is 1. The maximum atomic E-state index is 13.3. The molecule has 1 unspecified atom stereocenters. The van der Waals surface area contributed by atoms with Gasteiger partial charge in [-0.1, -0.05) is 32.0 Å². The van der Waals surface area contributed by atoms with Crippen molar-refractivity contribution >= 4 is 5.78 Å². The van der Waals surface area contributed by atoms with Crippen LogP contribution in [-0.2, 0) is 10.2 Å². The molecule has 3 aliphatic rings. The van der Waals surface area contributed by atoms with Crippen LogP contribution in [0.5, 0.6) is 0 Å². The topological polar surface area (TPSA) is 66.7 Å². The number of nitrogens with one attached hydrogen (secondary N) is 1. The summed E-state index contributed by atoms with van der Waals surface area (Å²) in [5.74, 6) is 0.587. The molecule has 146 valence electrons. The van der Waals surface area contributed by atoms with Gasteiger partial charge in [0.1, 0.15) is 0 Å². The third-order valence-electron chi connectivity index (χ3n) is 6.47. The van der Waals surface area contributed by atoms with Gasteiger partial charge in [0.25, 0.3) is 0 Å². The van der Waals surface area contributed by atoms with Gasteiger partial charge in [0.15, 0.2) is 11.9 Å². The molecule has 3 heterocycles. The Labute approximate surface area is 170 Å². The average Bonchev–Trinajstić information content (AvgIpc) is 3.21. The lowest BCUT2D eigenvalue weighted by Crippen LogP contribution is -2.50. The van der Waals surface area contributed by atoms with E-state index >= 15 is 0 Å². The predicted octanol–water partition coefficient (Wildman–Crippen LogP) is 4.93. The Bertz CT molecular complexity index is 1070. The standard InChI is InChI=1S/C24H24N4O/c1-3-24(18-6-4-5-17(13-18)16-7-9-25-10-8-16)19-14-26-28-23(19)27-20-11-15(2)12-21(29)22(20)24/h4-10,13-15,23,27H,3,11-12H2,1-2H3/t15-,23?,24+/m0/s1. The van der Waals surface area contributed by atoms with Gasteiger partial charge in [0.2, 0.25) is 0 Å². The lowest BCUT2D eigenvalue weighted by molar-refractivity contribution is -0.117. The van der Waals surface area contributed by atoms with Crippen LogP contribution in [-0.4, -0.2) is 16.9 Å². The van der Waals surface area contributed by atoms with Gasteiger partial charge in [0.05, 0.1) is 11.6 Å². The second kappa shape index (κ2) is 6.76. The molecule has 0 spiro atoms. The van der Waals surface area contributed by atoms with Crippen LogP contribution in [0.15, 0.2) is 82.1 Å². The number of fused-ring (bicyclic) bond motifs is 1. The van der Waals surface area contributed by atoms with Crippen LogP contribution in [0.25, 0.3) is 11.1 Å². The van der Waals surface area contributed by atoms with Gasteiger partial charge in [-0.05, 0) is 53.6 Å². The van der Waals surface area contributed by atoms with Crippen molar-refractivity contribution in [2.75, 3.05) is 0 Å². The number of Topliss-reactive ketones (excluding diaryl/α,β-unsaturated/α-hetero) is 1. The molecule has 0 saturated heterocycles. The van der Waals surface area contributed by atoms with Gasteiger partial charge >= 0.3 is 0 Å². The molecule has 0 fully saturated rings. The van der Waals surface area contributed by atoms with Crippen molar-refractivity contribution in [3.63, 3.8) is 0 Å². The molecular weight excluding hydrogens is 360 g/mol. The van der Waals surface area contributed by atoms with Crippen LogP contribution in [0.1, 0.15) is 38.7 Å². The molecule has 0 amide bonds. The molecule has 0 saturated carbocycles. The molecule has 5 heteroatoms. The van der Waals surface area contributed by atoms with Crippen molar-refractivity contribution in [3.8, 4) is 11.1 Å². The third-order valence-corrected chi connectivity index (χ3v) is 6.47. The van der Waals surface area contributed by atoms with Crippen LogP contribution < -0.4 is 5.32 Å². The summed E-state index contributed by atoms with van der Waals surface area (Å²) in [4.78, 5) is 17.5. The van der Waals surface area contributed by atoms with E-state index in [4.69, 9.17) is 0 Å². The van der Waals surface area contributed by atoms with Gasteiger partial charge in [0, 0.05) is 35.7 Å². The average molecular weight is 384 g/mol. The van der Waals surface area contributed by atoms with E-state index in [-0.39, 0.29) is 11.9 Å². The summed E-state index contributed by atoms with van der Waals surface area (Å²) in [5, 5.41) is 12.2. The van der Waals surface area contributed by atoms with E-state index in [2.05, 4.69) is 58.6 Å². The lowest BCUT2D eigenvalue weighted by Gasteiger charge is -2.46. The number of carbonyl (C=O) groups is 1. The Morgan fingerprint density at radius 1 is 1.14 bits per heavy atom. The SMILES string of the molecule is CC[C@@]1(c2cccc(-c3ccncc3)c2)C2=CN=NC2NC2=C1C(=O)C[C@@H](C)C2. The highest BCUT2D eigenvalue weighted by atomic mass is 16.1. The molecule has 1 N–H and O–H groups in total. The summed E-state index contributed by atoms with van der Waals surface area (Å²) in [6, 6.07) is 12.6. The first-order valence-corrected chi connectivity index (χ1v) is 10.3. The number of hydrogen-bond donors (Lipinski definition) is 1. The number of nitrogens with zero attached hydrogens (tertiary/aromatic N) is 3. The van der Waals surface area contributed by atoms with Crippen molar-refractivity contribution < 1.29 is 4.79 Å². The Morgan fingerprint density at radius 2 is 1.97 bits per heavy atom. The molecule has 1 aromatic heterocycles. The van der Waals surface area contributed by atoms with Crippen molar-refractivity contribution in [1.82, 2.24) is 10.3 Å². The Morgan fingerprint density at radius 3 is 2.76 bits per heavy atom. The lowest BCUT2D eigenvalue weighted by atomic mass is 9.60. The number of ketones is 1. The fourth-order valence-corrected chi connectivity index (χ4v) is 5.20. The first-order valence-electron chi connectivity index (χ1n) is 10.3. The van der Waals surface area contributed by atoms with Crippen LogP contribution in [0.4, 0.5) is 0 Å². The minimum Gasteiger partial charge on any atom is -0.362 e. The number of hydrogen-bond acceptors (Lipinski definition) is 5. The van der Waals surface area contributed by atoms with Gasteiger partial charge in [-0.2, -0.15) is 10.2 Å². The Balaban J connectivity index is 1.74. The van der Waals surface area contributed by atoms with Crippen LogP contribution >= 0.6 is 0 Å². The molecule has 1 aromatic carbocycles. The maximum Gasteiger partial charge on any atom is 0.164 e. The second-order valence-electron chi connectivity index (χ2n) is 8.23. The van der Waals surface area contributed by atoms with Crippen molar-refractivity contribution in [1.29, 1.82) is 0 Å². The molecule has 2 aliphatic heterocycles. The number of rotatable bonds is 3. The van der Waals surface area contributed by atoms with Crippen molar-refractivity contribution in [2.24, 2.45) is 16.1 Å². The molecule has 1 aliphatic carbocycles. The van der Waals surface area contributed by atoms with E-state index in [0.717, 1.165) is 46.4 Å². The summed E-state index contributed by atoms with van der Waals surface area (Å²) in [5.41, 5.74) is 5.93. The summed E-state index contributed by atoms with van der Waals surface area (Å²) < 4.78 is 0. The van der Waals surface area contributed by atoms with E-state index in [1.807, 2.05) is 30.7 Å². The first-order chi connectivity index (χ1) is 14.1. The zero-order valence-corrected chi connectivity index (χ0v) is 16.7. The summed E-state index contributed by atoms with van der Waals surface area (Å²) >= 11 is 0. The highest BCUT2D eigenvalue weighted by molar-refractivity contribution is 6.01. The van der Waals surface area contributed by atoms with Gasteiger partial charge < -0.3 is 5.32 Å². The number of azo groups is 1. The van der Waals surface area contributed by atoms with E-state index in [9.17, 15) is 4.79 Å². The minimum atomic E-state index is -0.491. The molecule has 2 aromatic rings. The van der Waals surface area contributed by atoms with E-state index < -0.39 is 5.41 Å². The fraction of sp³-hybridized carbons (Fsp3) is 0.333. The summed E-state index contributed by atoms with van der Waals surface area (Å²) in [7, 11) is 0. The normalized spacial score (nSPS) is 27.9. The van der Waals surface area contributed by atoms with Crippen LogP contribution in [0, 0.1) is 5.92 Å². The Kier molecular flexibility index (Phi) is 4.19. The number of aromatic nitrogens is 1. The number of pyridine rings is 1. The zero-order chi connectivity index (χ0) is 20.0. The molecule has 3 atom stereocenters. The fourth-order valence-electron chi connectivity index (χ4n) is 5.20. The highest BCUT2D eigenvalue weighted by Crippen LogP contribution is 2.52. The van der Waals surface area contributed by atoms with Crippen molar-refractivity contribution in [3.05, 3.63) is 77.4 Å². The quantitative estimate of drug-likeness (QED) is 0.816. The zero-order valence-electron chi connectivity index (χ0n) is 16.7. The van der Waals surface area contributed by atoms with E-state index in [0.29, 0.717) is 12.3 Å². The molecule has 0 radical (unpaired) electrons. The Hall–Kier alpha value is -3.08. The summed E-state index contributed by atoms with van der Waals surface area (Å²) in [6.07, 6.45) is 7.56. The minimum absolute atomic E-state index is 0.184. The molecule has 5 nitrogen and oxygen atoms in total. The number of benzene rings is 1. The molecule has 5 rings (SSSR count). The summed E-state index contributed by atoms with van der Waals surface area (Å²) in [6.45, 7) is 4.30. The molecular formula is C24H24N4O. The van der Waals surface area contributed by atoms with Crippen LogP contribution in [0.2, 0.25) is 0 Å². The highest BCUT2D eigenvalue weighted by Gasteiger charge is 2.51. The van der Waals surface area contributed by atoms with Gasteiger partial charge in [-0.25, -0.2) is 0 Å². The van der Waals surface area contributed by atoms with Crippen LogP contribution in [0.3, 0.4) is 0 Å². The van der Waals surface area contributed by atoms with Crippen molar-refractivity contribution in [2.45, 2.75) is 44.7 Å². The first kappa shape index (κ1) is 18.0. The van der Waals surface area contributed by atoms with E-state index in [1.54, 1.807) is 0 Å². The number of allylic oxidation sites excluding steroid dienone is 2. The maximum absolute atomic E-state index is 13.3. The monoisotopic (exact) mass is 384 g/mol. The molecule has 0 bridgehead atoms. The van der Waals surface area contributed by atoms with Gasteiger partial charge in [-0.15, -0.1) is 0 Å². The molecule has 29 heavy (non-hydrogen) atoms. The second-order valence-corrected chi connectivity index (χ2v) is 8.23. The van der Waals surface area contributed by atoms with E-state index in [1.165, 1.54) is 0 Å². The predicted molar refractivity (Wildman–Crippen MR) is 112 cm³/mol. The van der Waals surface area contributed by atoms with Gasteiger partial charge in [-0.3, -0.25) is 9.78 Å². The smallest absolute Gasteiger partial charge is 0.164 e.